The third-order valence-electron chi connectivity index (χ3n) is 2.83. The van der Waals surface area contributed by atoms with Crippen LogP contribution in [-0.2, 0) is 0 Å². The number of anilines is 1. The molecular weight excluding hydrogens is 298 g/mol. The van der Waals surface area contributed by atoms with Gasteiger partial charge in [-0.1, -0.05) is 0 Å². The van der Waals surface area contributed by atoms with E-state index in [9.17, 15) is 24.3 Å². The number of aromatic carboxylic acids is 1. The molecule has 110 valence electrons. The van der Waals surface area contributed by atoms with Crippen LogP contribution in [0.3, 0.4) is 0 Å². The molecule has 0 fully saturated rings. The SMILES string of the molecule is Cc1sc(NC(=O)c2cc(=O)[nH]c(=O)[nH]2)c(C(=O)O)c1C. The molecule has 0 aliphatic carbocycles. The Labute approximate surface area is 121 Å². The molecule has 2 rings (SSSR count). The standard InChI is InChI=1S/C12H11N3O5S/c1-4-5(2)21-10(8(4)11(18)19)15-9(17)6-3-7(16)14-12(20)13-6/h3H,1-2H3,(H,15,17)(H,18,19)(H2,13,14,16,20). The second-order valence-corrected chi connectivity index (χ2v) is 5.47. The van der Waals surface area contributed by atoms with E-state index in [4.69, 9.17) is 0 Å². The van der Waals surface area contributed by atoms with Crippen molar-refractivity contribution in [3.8, 4) is 0 Å². The normalized spacial score (nSPS) is 10.4. The van der Waals surface area contributed by atoms with Crippen molar-refractivity contribution in [2.45, 2.75) is 13.8 Å². The molecule has 1 amide bonds. The van der Waals surface area contributed by atoms with Crippen molar-refractivity contribution in [1.82, 2.24) is 9.97 Å². The molecule has 0 bridgehead atoms. The Kier molecular flexibility index (Phi) is 3.76. The fourth-order valence-corrected chi connectivity index (χ4v) is 2.78. The topological polar surface area (TPSA) is 132 Å². The Bertz CT molecular complexity index is 817. The van der Waals surface area contributed by atoms with Crippen LogP contribution in [0.25, 0.3) is 0 Å². The van der Waals surface area contributed by atoms with Crippen molar-refractivity contribution >= 4 is 28.2 Å². The quantitative estimate of drug-likeness (QED) is 0.662. The van der Waals surface area contributed by atoms with Gasteiger partial charge in [0, 0.05) is 10.9 Å². The molecule has 0 aliphatic rings. The van der Waals surface area contributed by atoms with E-state index >= 15 is 0 Å². The largest absolute Gasteiger partial charge is 0.478 e. The van der Waals surface area contributed by atoms with Gasteiger partial charge < -0.3 is 15.4 Å². The van der Waals surface area contributed by atoms with E-state index in [2.05, 4.69) is 10.3 Å². The van der Waals surface area contributed by atoms with E-state index < -0.39 is 23.1 Å². The van der Waals surface area contributed by atoms with Crippen LogP contribution in [0.2, 0.25) is 0 Å². The van der Waals surface area contributed by atoms with Crippen LogP contribution >= 0.6 is 11.3 Å². The fraction of sp³-hybridized carbons (Fsp3) is 0.167. The highest BCUT2D eigenvalue weighted by atomic mass is 32.1. The van der Waals surface area contributed by atoms with E-state index in [-0.39, 0.29) is 16.3 Å². The maximum Gasteiger partial charge on any atom is 0.338 e. The first-order valence-electron chi connectivity index (χ1n) is 5.78. The lowest BCUT2D eigenvalue weighted by Gasteiger charge is -2.04. The van der Waals surface area contributed by atoms with Gasteiger partial charge >= 0.3 is 11.7 Å². The molecular formula is C12H11N3O5S. The van der Waals surface area contributed by atoms with Gasteiger partial charge in [0.05, 0.1) is 5.56 Å². The van der Waals surface area contributed by atoms with Gasteiger partial charge in [0.1, 0.15) is 10.7 Å². The van der Waals surface area contributed by atoms with Gasteiger partial charge in [-0.15, -0.1) is 11.3 Å². The van der Waals surface area contributed by atoms with Crippen molar-refractivity contribution < 1.29 is 14.7 Å². The van der Waals surface area contributed by atoms with Gasteiger partial charge in [-0.25, -0.2) is 9.59 Å². The third kappa shape index (κ3) is 2.92. The highest BCUT2D eigenvalue weighted by Crippen LogP contribution is 2.32. The maximum absolute atomic E-state index is 12.0. The number of carboxylic acids is 1. The van der Waals surface area contributed by atoms with Gasteiger partial charge in [-0.05, 0) is 19.4 Å². The Morgan fingerprint density at radius 1 is 1.24 bits per heavy atom. The van der Waals surface area contributed by atoms with Crippen molar-refractivity contribution in [3.63, 3.8) is 0 Å². The summed E-state index contributed by atoms with van der Waals surface area (Å²) in [7, 11) is 0. The molecule has 2 aromatic rings. The van der Waals surface area contributed by atoms with E-state index in [1.807, 2.05) is 4.98 Å². The average molecular weight is 309 g/mol. The fourth-order valence-electron chi connectivity index (χ4n) is 1.73. The molecule has 0 saturated carbocycles. The first-order valence-corrected chi connectivity index (χ1v) is 6.59. The molecule has 0 unspecified atom stereocenters. The summed E-state index contributed by atoms with van der Waals surface area (Å²) < 4.78 is 0. The van der Waals surface area contributed by atoms with E-state index in [0.29, 0.717) is 5.56 Å². The number of rotatable bonds is 3. The van der Waals surface area contributed by atoms with Gasteiger partial charge in [-0.2, -0.15) is 0 Å². The van der Waals surface area contributed by atoms with E-state index in [0.717, 1.165) is 22.3 Å². The van der Waals surface area contributed by atoms with Gasteiger partial charge in [0.2, 0.25) is 0 Å². The lowest BCUT2D eigenvalue weighted by Crippen LogP contribution is -2.27. The smallest absolute Gasteiger partial charge is 0.338 e. The van der Waals surface area contributed by atoms with Crippen molar-refractivity contribution in [2.24, 2.45) is 0 Å². The maximum atomic E-state index is 12.0. The van der Waals surface area contributed by atoms with Gasteiger partial charge in [-0.3, -0.25) is 14.6 Å². The number of carbonyl (C=O) groups excluding carboxylic acids is 1. The molecule has 0 spiro atoms. The molecule has 0 aromatic carbocycles. The first kappa shape index (κ1) is 14.7. The minimum absolute atomic E-state index is 0.00182. The number of aromatic amines is 2. The molecule has 9 heteroatoms. The number of aryl methyl sites for hydroxylation is 1. The van der Waals surface area contributed by atoms with Crippen molar-refractivity contribution in [3.05, 3.63) is 48.6 Å². The van der Waals surface area contributed by atoms with Crippen molar-refractivity contribution in [1.29, 1.82) is 0 Å². The number of nitrogens with one attached hydrogen (secondary N) is 3. The summed E-state index contributed by atoms with van der Waals surface area (Å²) in [6.45, 7) is 3.37. The number of aromatic nitrogens is 2. The molecule has 8 nitrogen and oxygen atoms in total. The second kappa shape index (κ2) is 5.37. The van der Waals surface area contributed by atoms with Crippen LogP contribution in [0.15, 0.2) is 15.7 Å². The summed E-state index contributed by atoms with van der Waals surface area (Å²) in [6, 6.07) is 0.921. The van der Waals surface area contributed by atoms with Crippen LogP contribution in [0.5, 0.6) is 0 Å². The molecule has 2 heterocycles. The zero-order valence-electron chi connectivity index (χ0n) is 11.1. The summed E-state index contributed by atoms with van der Waals surface area (Å²) >= 11 is 1.11. The average Bonchev–Trinajstić information content (AvgIpc) is 2.63. The number of carbonyl (C=O) groups is 2. The Balaban J connectivity index is 2.40. The summed E-state index contributed by atoms with van der Waals surface area (Å²) in [5, 5.41) is 11.7. The van der Waals surface area contributed by atoms with Gasteiger partial charge in [0.15, 0.2) is 0 Å². The Hall–Kier alpha value is -2.68. The monoisotopic (exact) mass is 309 g/mol. The third-order valence-corrected chi connectivity index (χ3v) is 3.95. The summed E-state index contributed by atoms with van der Waals surface area (Å²) in [5.74, 6) is -1.92. The summed E-state index contributed by atoms with van der Waals surface area (Å²) in [6.07, 6.45) is 0. The lowest BCUT2D eigenvalue weighted by molar-refractivity contribution is 0.0697. The number of hydrogen-bond donors (Lipinski definition) is 4. The van der Waals surface area contributed by atoms with E-state index in [1.165, 1.54) is 0 Å². The first-order chi connectivity index (χ1) is 9.79. The lowest BCUT2D eigenvalue weighted by atomic mass is 10.1. The Morgan fingerprint density at radius 3 is 2.48 bits per heavy atom. The van der Waals surface area contributed by atoms with Crippen LogP contribution in [0.1, 0.15) is 31.3 Å². The number of thiophene rings is 1. The zero-order valence-corrected chi connectivity index (χ0v) is 11.9. The molecule has 0 radical (unpaired) electrons. The molecule has 21 heavy (non-hydrogen) atoms. The highest BCUT2D eigenvalue weighted by molar-refractivity contribution is 7.16. The minimum Gasteiger partial charge on any atom is -0.478 e. The molecule has 0 atom stereocenters. The molecule has 0 saturated heterocycles. The number of hydrogen-bond acceptors (Lipinski definition) is 5. The number of carboxylic acid groups (broad SMARTS) is 1. The summed E-state index contributed by atoms with van der Waals surface area (Å²) in [4.78, 5) is 50.3. The van der Waals surface area contributed by atoms with Crippen LogP contribution in [0.4, 0.5) is 5.00 Å². The van der Waals surface area contributed by atoms with Crippen LogP contribution in [0, 0.1) is 13.8 Å². The number of H-pyrrole nitrogens is 2. The van der Waals surface area contributed by atoms with Crippen LogP contribution < -0.4 is 16.6 Å². The van der Waals surface area contributed by atoms with Gasteiger partial charge in [0.25, 0.3) is 11.5 Å². The highest BCUT2D eigenvalue weighted by Gasteiger charge is 2.21. The van der Waals surface area contributed by atoms with Crippen LogP contribution in [-0.4, -0.2) is 27.0 Å². The van der Waals surface area contributed by atoms with E-state index in [1.54, 1.807) is 13.8 Å². The zero-order chi connectivity index (χ0) is 15.7. The molecule has 2 aromatic heterocycles. The molecule has 4 N–H and O–H groups in total. The van der Waals surface area contributed by atoms with Crippen molar-refractivity contribution in [2.75, 3.05) is 5.32 Å². The summed E-state index contributed by atoms with van der Waals surface area (Å²) in [5.41, 5.74) is -1.23. The molecule has 0 aliphatic heterocycles. The minimum atomic E-state index is -1.16. The Morgan fingerprint density at radius 2 is 1.90 bits per heavy atom. The number of amides is 1. The predicted molar refractivity (Wildman–Crippen MR) is 76.4 cm³/mol. The predicted octanol–water partition coefficient (Wildman–Crippen LogP) is 0.692. The second-order valence-electron chi connectivity index (χ2n) is 4.25.